The molecule has 0 radical (unpaired) electrons. The second kappa shape index (κ2) is 6.50. The highest BCUT2D eigenvalue weighted by Gasteiger charge is 2.25. The Bertz CT molecular complexity index is 1090. The Morgan fingerprint density at radius 3 is 2.62 bits per heavy atom. The van der Waals surface area contributed by atoms with Crippen molar-refractivity contribution in [2.24, 2.45) is 12.0 Å². The summed E-state index contributed by atoms with van der Waals surface area (Å²) in [6.07, 6.45) is 1.97. The average molecular weight is 361 g/mol. The summed E-state index contributed by atoms with van der Waals surface area (Å²) in [5.74, 6) is -0.102. The van der Waals surface area contributed by atoms with Gasteiger partial charge in [0.25, 0.3) is 5.91 Å². The Kier molecular flexibility index (Phi) is 4.17. The van der Waals surface area contributed by atoms with E-state index < -0.39 is 0 Å². The van der Waals surface area contributed by atoms with Gasteiger partial charge in [0.05, 0.1) is 10.6 Å². The summed E-state index contributed by atoms with van der Waals surface area (Å²) in [4.78, 5) is 17.7. The van der Waals surface area contributed by atoms with Gasteiger partial charge >= 0.3 is 0 Å². The molecule has 5 heteroatoms. The molecule has 4 nitrogen and oxygen atoms in total. The van der Waals surface area contributed by atoms with Crippen LogP contribution in [0.5, 0.6) is 0 Å². The van der Waals surface area contributed by atoms with Crippen LogP contribution in [0.15, 0.2) is 58.4 Å². The second-order valence-corrected chi connectivity index (χ2v) is 7.37. The zero-order chi connectivity index (χ0) is 18.3. The number of amidine groups is 1. The molecule has 0 spiro atoms. The third kappa shape index (κ3) is 2.84. The third-order valence-electron chi connectivity index (χ3n) is 4.71. The SMILES string of the molecule is Cc1ccccc1N=C1NC(=O)/C(=C\c2c(C)n(C)c3ccccc23)S1. The fourth-order valence-electron chi connectivity index (χ4n) is 3.14. The van der Waals surface area contributed by atoms with Crippen LogP contribution in [-0.4, -0.2) is 15.6 Å². The van der Waals surface area contributed by atoms with Gasteiger partial charge in [0, 0.05) is 29.2 Å². The molecule has 0 bridgehead atoms. The molecule has 4 rings (SSSR count). The molecule has 0 saturated carbocycles. The number of nitrogens with one attached hydrogen (secondary N) is 1. The van der Waals surface area contributed by atoms with E-state index in [1.165, 1.54) is 11.8 Å². The number of aromatic nitrogens is 1. The minimum atomic E-state index is -0.102. The number of hydrogen-bond acceptors (Lipinski definition) is 3. The van der Waals surface area contributed by atoms with Crippen molar-refractivity contribution in [3.63, 3.8) is 0 Å². The summed E-state index contributed by atoms with van der Waals surface area (Å²) >= 11 is 1.38. The number of rotatable bonds is 2. The number of fused-ring (bicyclic) bond motifs is 1. The van der Waals surface area contributed by atoms with Gasteiger partial charge in [-0.3, -0.25) is 4.79 Å². The van der Waals surface area contributed by atoms with Crippen molar-refractivity contribution >= 4 is 45.5 Å². The van der Waals surface area contributed by atoms with Gasteiger partial charge < -0.3 is 9.88 Å². The summed E-state index contributed by atoms with van der Waals surface area (Å²) < 4.78 is 2.15. The van der Waals surface area contributed by atoms with E-state index in [1.807, 2.05) is 56.4 Å². The minimum Gasteiger partial charge on any atom is -0.347 e. The molecule has 1 amide bonds. The number of aryl methyl sites for hydroxylation is 2. The van der Waals surface area contributed by atoms with Crippen LogP contribution in [0.1, 0.15) is 16.8 Å². The number of amides is 1. The summed E-state index contributed by atoms with van der Waals surface area (Å²) in [6.45, 7) is 4.09. The van der Waals surface area contributed by atoms with Crippen LogP contribution in [0.25, 0.3) is 17.0 Å². The van der Waals surface area contributed by atoms with Gasteiger partial charge in [-0.15, -0.1) is 0 Å². The van der Waals surface area contributed by atoms with Crippen LogP contribution < -0.4 is 5.32 Å². The lowest BCUT2D eigenvalue weighted by atomic mass is 10.1. The van der Waals surface area contributed by atoms with E-state index in [-0.39, 0.29) is 5.91 Å². The Balaban J connectivity index is 1.73. The van der Waals surface area contributed by atoms with Crippen molar-refractivity contribution in [1.29, 1.82) is 0 Å². The highest BCUT2D eigenvalue weighted by atomic mass is 32.2. The predicted octanol–water partition coefficient (Wildman–Crippen LogP) is 4.69. The fourth-order valence-corrected chi connectivity index (χ4v) is 3.96. The van der Waals surface area contributed by atoms with Crippen molar-refractivity contribution in [1.82, 2.24) is 9.88 Å². The molecule has 0 atom stereocenters. The first-order valence-electron chi connectivity index (χ1n) is 8.44. The van der Waals surface area contributed by atoms with E-state index in [2.05, 4.69) is 33.9 Å². The first-order valence-corrected chi connectivity index (χ1v) is 9.25. The maximum Gasteiger partial charge on any atom is 0.264 e. The van der Waals surface area contributed by atoms with Crippen molar-refractivity contribution in [2.75, 3.05) is 0 Å². The first-order chi connectivity index (χ1) is 12.5. The molecule has 1 aromatic heterocycles. The highest BCUT2D eigenvalue weighted by molar-refractivity contribution is 8.18. The first kappa shape index (κ1) is 16.7. The highest BCUT2D eigenvalue weighted by Crippen LogP contribution is 2.33. The van der Waals surface area contributed by atoms with Crippen LogP contribution in [0.2, 0.25) is 0 Å². The van der Waals surface area contributed by atoms with Crippen molar-refractivity contribution in [2.45, 2.75) is 13.8 Å². The van der Waals surface area contributed by atoms with E-state index in [9.17, 15) is 4.79 Å². The van der Waals surface area contributed by atoms with Gasteiger partial charge in [0.2, 0.25) is 0 Å². The maximum atomic E-state index is 12.4. The number of nitrogens with zero attached hydrogens (tertiary/aromatic N) is 2. The lowest BCUT2D eigenvalue weighted by Gasteiger charge is -1.99. The number of para-hydroxylation sites is 2. The van der Waals surface area contributed by atoms with Crippen molar-refractivity contribution in [3.05, 3.63) is 70.3 Å². The van der Waals surface area contributed by atoms with Gasteiger partial charge in [0.15, 0.2) is 5.17 Å². The molecular weight excluding hydrogens is 342 g/mol. The summed E-state index contributed by atoms with van der Waals surface area (Å²) in [5.41, 5.74) is 5.33. The number of hydrogen-bond donors (Lipinski definition) is 1. The van der Waals surface area contributed by atoms with Crippen LogP contribution in [0.3, 0.4) is 0 Å². The Labute approximate surface area is 156 Å². The third-order valence-corrected chi connectivity index (χ3v) is 5.62. The van der Waals surface area contributed by atoms with Gasteiger partial charge in [-0.1, -0.05) is 36.4 Å². The van der Waals surface area contributed by atoms with Crippen LogP contribution >= 0.6 is 11.8 Å². The number of carbonyl (C=O) groups excluding carboxylic acids is 1. The number of thioether (sulfide) groups is 1. The molecule has 1 fully saturated rings. The monoisotopic (exact) mass is 361 g/mol. The summed E-state index contributed by atoms with van der Waals surface area (Å²) in [7, 11) is 2.05. The molecule has 130 valence electrons. The minimum absolute atomic E-state index is 0.102. The van der Waals surface area contributed by atoms with Crippen molar-refractivity contribution < 1.29 is 4.79 Å². The molecule has 1 aliphatic heterocycles. The van der Waals surface area contributed by atoms with Crippen LogP contribution in [-0.2, 0) is 11.8 Å². The fraction of sp³-hybridized carbons (Fsp3) is 0.143. The standard InChI is InChI=1S/C21H19N3OS/c1-13-8-4-6-10-17(13)22-21-23-20(25)19(26-21)12-16-14(2)24(3)18-11-7-5-9-15(16)18/h4-12H,1-3H3,(H,22,23,25)/b19-12+. The number of aliphatic imine (C=N–C) groups is 1. The summed E-state index contributed by atoms with van der Waals surface area (Å²) in [5, 5.41) is 4.64. The number of benzene rings is 2. The maximum absolute atomic E-state index is 12.4. The molecule has 3 aromatic rings. The smallest absolute Gasteiger partial charge is 0.264 e. The zero-order valence-electron chi connectivity index (χ0n) is 14.9. The Hall–Kier alpha value is -2.79. The number of carbonyl (C=O) groups is 1. The van der Waals surface area contributed by atoms with E-state index >= 15 is 0 Å². The quantitative estimate of drug-likeness (QED) is 0.673. The molecule has 1 N–H and O–H groups in total. The van der Waals surface area contributed by atoms with Crippen LogP contribution in [0, 0.1) is 13.8 Å². The predicted molar refractivity (Wildman–Crippen MR) is 110 cm³/mol. The van der Waals surface area contributed by atoms with E-state index in [0.29, 0.717) is 10.1 Å². The Morgan fingerprint density at radius 1 is 1.08 bits per heavy atom. The normalized spacial score (nSPS) is 17.4. The van der Waals surface area contributed by atoms with Crippen LogP contribution in [0.4, 0.5) is 5.69 Å². The largest absolute Gasteiger partial charge is 0.347 e. The van der Waals surface area contributed by atoms with Gasteiger partial charge in [-0.25, -0.2) is 4.99 Å². The van der Waals surface area contributed by atoms with Gasteiger partial charge in [-0.2, -0.15) is 0 Å². The molecule has 26 heavy (non-hydrogen) atoms. The lowest BCUT2D eigenvalue weighted by molar-refractivity contribution is -0.115. The lowest BCUT2D eigenvalue weighted by Crippen LogP contribution is -2.19. The molecule has 1 aliphatic rings. The molecule has 0 aliphatic carbocycles. The molecule has 1 saturated heterocycles. The average Bonchev–Trinajstić information content (AvgIpc) is 3.10. The molecule has 0 unspecified atom stereocenters. The van der Waals surface area contributed by atoms with E-state index in [0.717, 1.165) is 33.4 Å². The Morgan fingerprint density at radius 2 is 1.81 bits per heavy atom. The van der Waals surface area contributed by atoms with Crippen molar-refractivity contribution in [3.8, 4) is 0 Å². The zero-order valence-corrected chi connectivity index (χ0v) is 15.7. The van der Waals surface area contributed by atoms with Gasteiger partial charge in [0.1, 0.15) is 0 Å². The molecule has 2 heterocycles. The van der Waals surface area contributed by atoms with E-state index in [1.54, 1.807) is 0 Å². The van der Waals surface area contributed by atoms with Gasteiger partial charge in [-0.05, 0) is 49.4 Å². The molecular formula is C21H19N3OS. The molecule has 2 aromatic carbocycles. The second-order valence-electron chi connectivity index (χ2n) is 6.34. The summed E-state index contributed by atoms with van der Waals surface area (Å²) in [6, 6.07) is 16.1. The topological polar surface area (TPSA) is 46.4 Å². The van der Waals surface area contributed by atoms with E-state index in [4.69, 9.17) is 0 Å².